The Balaban J connectivity index is 1.47. The number of nitrogens with zero attached hydrogens (tertiary/aromatic N) is 2. The van der Waals surface area contributed by atoms with Gasteiger partial charge >= 0.3 is 0 Å². The zero-order valence-corrected chi connectivity index (χ0v) is 18.3. The fraction of sp³-hybridized carbons (Fsp3) is 0.385. The Hall–Kier alpha value is -2.88. The Morgan fingerprint density at radius 2 is 1.80 bits per heavy atom. The highest BCUT2D eigenvalue weighted by Gasteiger charge is 2.09. The zero-order valence-electron chi connectivity index (χ0n) is 18.3. The predicted molar refractivity (Wildman–Crippen MR) is 123 cm³/mol. The van der Waals surface area contributed by atoms with Crippen LogP contribution in [0.4, 0.5) is 0 Å². The molecule has 0 amide bonds. The van der Waals surface area contributed by atoms with E-state index in [1.807, 2.05) is 30.3 Å². The van der Waals surface area contributed by atoms with Gasteiger partial charge in [-0.25, -0.2) is 4.98 Å². The summed E-state index contributed by atoms with van der Waals surface area (Å²) in [5.41, 5.74) is 3.49. The van der Waals surface area contributed by atoms with Gasteiger partial charge in [0.15, 0.2) is 0 Å². The van der Waals surface area contributed by atoms with E-state index in [-0.39, 0.29) is 5.56 Å². The number of hydrogen-bond acceptors (Lipinski definition) is 3. The highest BCUT2D eigenvalue weighted by molar-refractivity contribution is 5.39. The van der Waals surface area contributed by atoms with E-state index < -0.39 is 0 Å². The normalized spacial score (nSPS) is 11.1. The van der Waals surface area contributed by atoms with Crippen LogP contribution in [0.25, 0.3) is 5.82 Å². The Kier molecular flexibility index (Phi) is 7.83. The SMILES string of the molecule is Cc1ccc(C(C)C)c(OCCCCCCc2cccc(=O)n2-c2ccccn2)c1. The van der Waals surface area contributed by atoms with Crippen LogP contribution >= 0.6 is 0 Å². The number of aryl methyl sites for hydroxylation is 2. The minimum Gasteiger partial charge on any atom is -0.493 e. The molecule has 0 saturated carbocycles. The van der Waals surface area contributed by atoms with E-state index in [2.05, 4.69) is 44.0 Å². The molecule has 0 fully saturated rings. The Morgan fingerprint density at radius 1 is 0.967 bits per heavy atom. The van der Waals surface area contributed by atoms with Crippen LogP contribution in [-0.2, 0) is 6.42 Å². The molecule has 0 unspecified atom stereocenters. The third kappa shape index (κ3) is 5.82. The highest BCUT2D eigenvalue weighted by Crippen LogP contribution is 2.27. The summed E-state index contributed by atoms with van der Waals surface area (Å²) in [5, 5.41) is 0. The molecule has 30 heavy (non-hydrogen) atoms. The molecule has 4 heteroatoms. The van der Waals surface area contributed by atoms with Crippen molar-refractivity contribution in [3.8, 4) is 11.6 Å². The van der Waals surface area contributed by atoms with Crippen molar-refractivity contribution < 1.29 is 4.74 Å². The van der Waals surface area contributed by atoms with E-state index in [0.29, 0.717) is 11.7 Å². The number of benzene rings is 1. The summed E-state index contributed by atoms with van der Waals surface area (Å²) in [7, 11) is 0. The summed E-state index contributed by atoms with van der Waals surface area (Å²) < 4.78 is 7.80. The molecule has 3 aromatic rings. The fourth-order valence-corrected chi connectivity index (χ4v) is 3.66. The Bertz CT molecular complexity index is 993. The van der Waals surface area contributed by atoms with E-state index in [0.717, 1.165) is 50.2 Å². The molecule has 1 aromatic carbocycles. The summed E-state index contributed by atoms with van der Waals surface area (Å²) in [6.45, 7) is 7.25. The first-order valence-electron chi connectivity index (χ1n) is 10.9. The molecule has 0 bridgehead atoms. The van der Waals surface area contributed by atoms with Crippen LogP contribution in [0.1, 0.15) is 62.3 Å². The summed E-state index contributed by atoms with van der Waals surface area (Å²) in [5.74, 6) is 2.17. The molecule has 0 aliphatic heterocycles. The number of ether oxygens (including phenoxy) is 1. The molecule has 0 aliphatic carbocycles. The molecule has 0 radical (unpaired) electrons. The van der Waals surface area contributed by atoms with E-state index >= 15 is 0 Å². The Morgan fingerprint density at radius 3 is 2.57 bits per heavy atom. The predicted octanol–water partition coefficient (Wildman–Crippen LogP) is 5.85. The first kappa shape index (κ1) is 21.8. The zero-order chi connectivity index (χ0) is 21.3. The molecule has 3 rings (SSSR count). The van der Waals surface area contributed by atoms with Gasteiger partial charge in [-0.3, -0.25) is 9.36 Å². The topological polar surface area (TPSA) is 44.1 Å². The summed E-state index contributed by atoms with van der Waals surface area (Å²) in [4.78, 5) is 16.7. The first-order chi connectivity index (χ1) is 14.6. The molecule has 158 valence electrons. The lowest BCUT2D eigenvalue weighted by atomic mass is 10.0. The maximum absolute atomic E-state index is 12.4. The summed E-state index contributed by atoms with van der Waals surface area (Å²) in [6, 6.07) is 17.5. The molecular formula is C26H32N2O2. The van der Waals surface area contributed by atoms with Gasteiger partial charge < -0.3 is 4.74 Å². The maximum Gasteiger partial charge on any atom is 0.256 e. The second-order valence-electron chi connectivity index (χ2n) is 8.09. The lowest BCUT2D eigenvalue weighted by Crippen LogP contribution is -2.21. The Labute approximate surface area is 179 Å². The third-order valence-corrected chi connectivity index (χ3v) is 5.29. The van der Waals surface area contributed by atoms with E-state index in [4.69, 9.17) is 4.74 Å². The number of hydrogen-bond donors (Lipinski definition) is 0. The highest BCUT2D eigenvalue weighted by atomic mass is 16.5. The van der Waals surface area contributed by atoms with Crippen molar-refractivity contribution in [1.82, 2.24) is 9.55 Å². The summed E-state index contributed by atoms with van der Waals surface area (Å²) >= 11 is 0. The molecular weight excluding hydrogens is 372 g/mol. The third-order valence-electron chi connectivity index (χ3n) is 5.29. The van der Waals surface area contributed by atoms with Gasteiger partial charge in [0.25, 0.3) is 5.56 Å². The van der Waals surface area contributed by atoms with Crippen molar-refractivity contribution >= 4 is 0 Å². The van der Waals surface area contributed by atoms with Crippen LogP contribution in [0.5, 0.6) is 5.75 Å². The largest absolute Gasteiger partial charge is 0.493 e. The van der Waals surface area contributed by atoms with Gasteiger partial charge in [0.2, 0.25) is 0 Å². The molecule has 0 atom stereocenters. The quantitative estimate of drug-likeness (QED) is 0.398. The van der Waals surface area contributed by atoms with Crippen LogP contribution in [0.3, 0.4) is 0 Å². The van der Waals surface area contributed by atoms with Crippen molar-refractivity contribution in [3.05, 3.63) is 88.0 Å². The lowest BCUT2D eigenvalue weighted by Gasteiger charge is -2.15. The number of aromatic nitrogens is 2. The molecule has 2 heterocycles. The van der Waals surface area contributed by atoms with Crippen molar-refractivity contribution in [3.63, 3.8) is 0 Å². The van der Waals surface area contributed by atoms with Crippen LogP contribution < -0.4 is 10.3 Å². The average Bonchev–Trinajstić information content (AvgIpc) is 2.73. The number of pyridine rings is 2. The van der Waals surface area contributed by atoms with Gasteiger partial charge in [-0.05, 0) is 67.5 Å². The molecule has 0 aliphatic rings. The minimum atomic E-state index is -0.0290. The molecule has 0 saturated heterocycles. The van der Waals surface area contributed by atoms with Crippen molar-refractivity contribution in [2.75, 3.05) is 6.61 Å². The second kappa shape index (κ2) is 10.8. The number of unbranched alkanes of at least 4 members (excludes halogenated alkanes) is 3. The second-order valence-corrected chi connectivity index (χ2v) is 8.09. The smallest absolute Gasteiger partial charge is 0.256 e. The molecule has 0 N–H and O–H groups in total. The van der Waals surface area contributed by atoms with Crippen LogP contribution in [0, 0.1) is 6.92 Å². The van der Waals surface area contributed by atoms with Crippen LogP contribution in [-0.4, -0.2) is 16.2 Å². The van der Waals surface area contributed by atoms with Gasteiger partial charge in [0, 0.05) is 18.0 Å². The maximum atomic E-state index is 12.4. The van der Waals surface area contributed by atoms with Crippen LogP contribution in [0.2, 0.25) is 0 Å². The van der Waals surface area contributed by atoms with E-state index in [1.54, 1.807) is 16.8 Å². The van der Waals surface area contributed by atoms with Gasteiger partial charge in [-0.2, -0.15) is 0 Å². The standard InChI is InChI=1S/C26H32N2O2/c1-20(2)23-16-15-21(3)19-24(23)30-18-9-5-4-6-11-22-12-10-14-26(29)28(22)25-13-7-8-17-27-25/h7-8,10,12-17,19-20H,4-6,9,11,18H2,1-3H3. The fourth-order valence-electron chi connectivity index (χ4n) is 3.66. The average molecular weight is 405 g/mol. The van der Waals surface area contributed by atoms with Gasteiger partial charge in [0.1, 0.15) is 11.6 Å². The van der Waals surface area contributed by atoms with Crippen LogP contribution in [0.15, 0.2) is 65.6 Å². The van der Waals surface area contributed by atoms with E-state index in [9.17, 15) is 4.79 Å². The summed E-state index contributed by atoms with van der Waals surface area (Å²) in [6.07, 6.45) is 6.88. The van der Waals surface area contributed by atoms with Gasteiger partial charge in [0.05, 0.1) is 6.61 Å². The lowest BCUT2D eigenvalue weighted by molar-refractivity contribution is 0.300. The van der Waals surface area contributed by atoms with Crippen molar-refractivity contribution in [1.29, 1.82) is 0 Å². The molecule has 4 nitrogen and oxygen atoms in total. The van der Waals surface area contributed by atoms with Gasteiger partial charge in [-0.15, -0.1) is 0 Å². The van der Waals surface area contributed by atoms with Crippen molar-refractivity contribution in [2.24, 2.45) is 0 Å². The molecule has 2 aromatic heterocycles. The van der Waals surface area contributed by atoms with Crippen molar-refractivity contribution in [2.45, 2.75) is 58.8 Å². The van der Waals surface area contributed by atoms with Gasteiger partial charge in [-0.1, -0.05) is 51.0 Å². The van der Waals surface area contributed by atoms with E-state index in [1.165, 1.54) is 11.1 Å². The monoisotopic (exact) mass is 404 g/mol. The molecule has 0 spiro atoms. The minimum absolute atomic E-state index is 0.0290. The first-order valence-corrected chi connectivity index (χ1v) is 10.9. The number of rotatable bonds is 10.